The first-order valence-corrected chi connectivity index (χ1v) is 8.98. The minimum Gasteiger partial charge on any atom is -0.383 e. The standard InChI is InChI=1S/C15H22FN3O4S/c1-10(9-23-3)17-15(20)14-8-13(18-24(21,22)19(14)2)11-4-6-12(16)7-5-11/h4-7,10,13-14,18H,8-9H2,1-3H3,(H,17,20)/t10-,13+,14-/m1/s1. The SMILES string of the molecule is COC[C@@H](C)NC(=O)[C@H]1C[C@@H](c2ccc(F)cc2)NS(=O)(=O)N1C. The summed E-state index contributed by atoms with van der Waals surface area (Å²) < 4.78 is 46.2. The Kier molecular flexibility index (Phi) is 5.92. The normalized spacial score (nSPS) is 25.2. The molecule has 0 aliphatic carbocycles. The number of hydrogen-bond donors (Lipinski definition) is 2. The lowest BCUT2D eigenvalue weighted by Gasteiger charge is -2.36. The number of amides is 1. The van der Waals surface area contributed by atoms with E-state index in [1.54, 1.807) is 6.92 Å². The predicted molar refractivity (Wildman–Crippen MR) is 86.8 cm³/mol. The van der Waals surface area contributed by atoms with E-state index >= 15 is 0 Å². The fourth-order valence-corrected chi connectivity index (χ4v) is 3.93. The number of rotatable bonds is 5. The van der Waals surface area contributed by atoms with Crippen molar-refractivity contribution < 1.29 is 22.3 Å². The minimum absolute atomic E-state index is 0.238. The summed E-state index contributed by atoms with van der Waals surface area (Å²) in [7, 11) is -0.936. The number of halogens is 1. The number of nitrogens with zero attached hydrogens (tertiary/aromatic N) is 1. The average Bonchev–Trinajstić information content (AvgIpc) is 2.50. The van der Waals surface area contributed by atoms with Crippen molar-refractivity contribution in [3.05, 3.63) is 35.6 Å². The zero-order chi connectivity index (χ0) is 17.9. The van der Waals surface area contributed by atoms with E-state index in [2.05, 4.69) is 10.0 Å². The molecule has 2 N–H and O–H groups in total. The summed E-state index contributed by atoms with van der Waals surface area (Å²) in [4.78, 5) is 12.5. The van der Waals surface area contributed by atoms with Crippen molar-refractivity contribution in [2.45, 2.75) is 31.5 Å². The van der Waals surface area contributed by atoms with Gasteiger partial charge in [-0.15, -0.1) is 0 Å². The highest BCUT2D eigenvalue weighted by atomic mass is 32.2. The number of ether oxygens (including phenoxy) is 1. The number of nitrogens with one attached hydrogen (secondary N) is 2. The van der Waals surface area contributed by atoms with Crippen LogP contribution in [0.15, 0.2) is 24.3 Å². The molecule has 24 heavy (non-hydrogen) atoms. The summed E-state index contributed by atoms with van der Waals surface area (Å²) in [5.41, 5.74) is 0.607. The number of hydrogen-bond acceptors (Lipinski definition) is 4. The third kappa shape index (κ3) is 4.29. The van der Waals surface area contributed by atoms with Gasteiger partial charge in [0.05, 0.1) is 6.61 Å². The van der Waals surface area contributed by atoms with E-state index in [0.29, 0.717) is 12.2 Å². The molecular formula is C15H22FN3O4S. The van der Waals surface area contributed by atoms with Gasteiger partial charge >= 0.3 is 0 Å². The summed E-state index contributed by atoms with van der Waals surface area (Å²) in [6.45, 7) is 2.10. The van der Waals surface area contributed by atoms with Gasteiger partial charge in [-0.05, 0) is 31.0 Å². The Balaban J connectivity index is 2.20. The second kappa shape index (κ2) is 7.56. The van der Waals surface area contributed by atoms with Gasteiger partial charge in [0.2, 0.25) is 5.91 Å². The van der Waals surface area contributed by atoms with E-state index in [-0.39, 0.29) is 18.4 Å². The van der Waals surface area contributed by atoms with Crippen molar-refractivity contribution in [2.24, 2.45) is 0 Å². The minimum atomic E-state index is -3.81. The van der Waals surface area contributed by atoms with Gasteiger partial charge in [-0.3, -0.25) is 4.79 Å². The first-order valence-electron chi connectivity index (χ1n) is 7.54. The Labute approximate surface area is 141 Å². The van der Waals surface area contributed by atoms with Crippen molar-refractivity contribution in [3.63, 3.8) is 0 Å². The lowest BCUT2D eigenvalue weighted by atomic mass is 9.99. The van der Waals surface area contributed by atoms with Crippen molar-refractivity contribution >= 4 is 16.1 Å². The zero-order valence-electron chi connectivity index (χ0n) is 13.8. The molecule has 3 atom stereocenters. The Bertz CT molecular complexity index is 680. The molecule has 7 nitrogen and oxygen atoms in total. The van der Waals surface area contributed by atoms with Crippen LogP contribution in [-0.4, -0.2) is 51.5 Å². The summed E-state index contributed by atoms with van der Waals surface area (Å²) in [6, 6.07) is 3.85. The summed E-state index contributed by atoms with van der Waals surface area (Å²) in [6.07, 6.45) is 0.243. The number of carbonyl (C=O) groups is 1. The molecule has 134 valence electrons. The molecule has 1 aromatic carbocycles. The molecule has 9 heteroatoms. The molecule has 0 radical (unpaired) electrons. The van der Waals surface area contributed by atoms with Gasteiger partial charge in [-0.2, -0.15) is 17.4 Å². The Morgan fingerprint density at radius 1 is 1.46 bits per heavy atom. The van der Waals surface area contributed by atoms with Crippen LogP contribution in [0, 0.1) is 5.82 Å². The topological polar surface area (TPSA) is 87.7 Å². The highest BCUT2D eigenvalue weighted by Crippen LogP contribution is 2.28. The fourth-order valence-electron chi connectivity index (χ4n) is 2.65. The molecule has 1 aliphatic heterocycles. The number of likely N-dealkylation sites (N-methyl/N-ethyl adjacent to an activating group) is 1. The maximum atomic E-state index is 13.1. The first-order chi connectivity index (χ1) is 11.2. The Morgan fingerprint density at radius 2 is 2.08 bits per heavy atom. The van der Waals surface area contributed by atoms with Gasteiger partial charge in [0.25, 0.3) is 10.2 Å². The number of benzene rings is 1. The summed E-state index contributed by atoms with van der Waals surface area (Å²) in [5.74, 6) is -0.795. The van der Waals surface area contributed by atoms with Gasteiger partial charge in [0, 0.05) is 26.2 Å². The molecule has 0 spiro atoms. The molecule has 0 saturated carbocycles. The Hall–Kier alpha value is -1.55. The molecule has 1 amide bonds. The van der Waals surface area contributed by atoms with E-state index in [9.17, 15) is 17.6 Å². The summed E-state index contributed by atoms with van der Waals surface area (Å²) in [5, 5.41) is 2.74. The molecule has 0 bridgehead atoms. The van der Waals surface area contributed by atoms with Gasteiger partial charge in [0.1, 0.15) is 11.9 Å². The first kappa shape index (κ1) is 18.8. The smallest absolute Gasteiger partial charge is 0.280 e. The largest absolute Gasteiger partial charge is 0.383 e. The number of carbonyl (C=O) groups excluding carboxylic acids is 1. The molecule has 0 unspecified atom stereocenters. The van der Waals surface area contributed by atoms with E-state index in [4.69, 9.17) is 4.74 Å². The van der Waals surface area contributed by atoms with Gasteiger partial charge in [-0.1, -0.05) is 12.1 Å². The van der Waals surface area contributed by atoms with Crippen LogP contribution >= 0.6 is 0 Å². The Morgan fingerprint density at radius 3 is 2.67 bits per heavy atom. The molecule has 1 heterocycles. The average molecular weight is 359 g/mol. The van der Waals surface area contributed by atoms with Crippen LogP contribution in [0.2, 0.25) is 0 Å². The van der Waals surface area contributed by atoms with Gasteiger partial charge < -0.3 is 10.1 Å². The zero-order valence-corrected chi connectivity index (χ0v) is 14.6. The van der Waals surface area contributed by atoms with E-state index in [0.717, 1.165) is 4.31 Å². The lowest BCUT2D eigenvalue weighted by molar-refractivity contribution is -0.126. The van der Waals surface area contributed by atoms with Crippen LogP contribution in [0.1, 0.15) is 24.9 Å². The van der Waals surface area contributed by atoms with Crippen LogP contribution in [0.4, 0.5) is 4.39 Å². The second-order valence-corrected chi connectivity index (χ2v) is 7.62. The van der Waals surface area contributed by atoms with Crippen LogP contribution in [0.5, 0.6) is 0 Å². The van der Waals surface area contributed by atoms with Crippen molar-refractivity contribution in [2.75, 3.05) is 20.8 Å². The molecule has 2 rings (SSSR count). The van der Waals surface area contributed by atoms with Crippen molar-refractivity contribution in [3.8, 4) is 0 Å². The predicted octanol–water partition coefficient (Wildman–Crippen LogP) is 0.556. The fraction of sp³-hybridized carbons (Fsp3) is 0.533. The molecule has 1 aromatic rings. The van der Waals surface area contributed by atoms with Gasteiger partial charge in [-0.25, -0.2) is 4.39 Å². The highest BCUT2D eigenvalue weighted by Gasteiger charge is 2.40. The quantitative estimate of drug-likeness (QED) is 0.804. The van der Waals surface area contributed by atoms with Crippen LogP contribution in [0.3, 0.4) is 0 Å². The van der Waals surface area contributed by atoms with Crippen LogP contribution < -0.4 is 10.0 Å². The second-order valence-electron chi connectivity index (χ2n) is 5.86. The van der Waals surface area contributed by atoms with Crippen LogP contribution in [0.25, 0.3) is 0 Å². The molecule has 1 fully saturated rings. The molecule has 1 aliphatic rings. The number of methoxy groups -OCH3 is 1. The lowest BCUT2D eigenvalue weighted by Crippen LogP contribution is -2.58. The maximum absolute atomic E-state index is 13.1. The maximum Gasteiger partial charge on any atom is 0.280 e. The summed E-state index contributed by atoms with van der Waals surface area (Å²) >= 11 is 0. The van der Waals surface area contributed by atoms with Crippen LogP contribution in [-0.2, 0) is 19.7 Å². The van der Waals surface area contributed by atoms with E-state index < -0.39 is 28.1 Å². The highest BCUT2D eigenvalue weighted by molar-refractivity contribution is 7.87. The van der Waals surface area contributed by atoms with E-state index in [1.807, 2.05) is 0 Å². The third-order valence-corrected chi connectivity index (χ3v) is 5.54. The van der Waals surface area contributed by atoms with Crippen molar-refractivity contribution in [1.29, 1.82) is 0 Å². The molecule has 1 saturated heterocycles. The molecular weight excluding hydrogens is 337 g/mol. The molecule has 0 aromatic heterocycles. The third-order valence-electron chi connectivity index (χ3n) is 3.95. The van der Waals surface area contributed by atoms with Gasteiger partial charge in [0.15, 0.2) is 0 Å². The monoisotopic (exact) mass is 359 g/mol. The van der Waals surface area contributed by atoms with Crippen molar-refractivity contribution in [1.82, 2.24) is 14.3 Å². The van der Waals surface area contributed by atoms with E-state index in [1.165, 1.54) is 38.4 Å².